The molecule has 1 aliphatic heterocycles. The zero-order chi connectivity index (χ0) is 13.9. The summed E-state index contributed by atoms with van der Waals surface area (Å²) in [5.74, 6) is 0. The average molecular weight is 283 g/mol. The smallest absolute Gasteiger partial charge is 0.215 e. The van der Waals surface area contributed by atoms with E-state index >= 15 is 0 Å². The predicted molar refractivity (Wildman–Crippen MR) is 75.3 cm³/mol. The van der Waals surface area contributed by atoms with Crippen LogP contribution in [0.4, 0.5) is 0 Å². The van der Waals surface area contributed by atoms with E-state index in [1.165, 1.54) is 0 Å². The second kappa shape index (κ2) is 6.03. The molecule has 1 aliphatic rings. The SMILES string of the molecule is CC1CC(S(=O)(=O)NC(C)c2ccccc2)CCO1. The van der Waals surface area contributed by atoms with Crippen molar-refractivity contribution in [1.29, 1.82) is 0 Å². The Kier molecular flexibility index (Phi) is 4.60. The molecule has 5 heteroatoms. The van der Waals surface area contributed by atoms with Crippen molar-refractivity contribution < 1.29 is 13.2 Å². The molecule has 3 atom stereocenters. The van der Waals surface area contributed by atoms with Crippen LogP contribution < -0.4 is 4.72 Å². The summed E-state index contributed by atoms with van der Waals surface area (Å²) in [4.78, 5) is 0. The third-order valence-corrected chi connectivity index (χ3v) is 5.50. The van der Waals surface area contributed by atoms with Crippen LogP contribution in [-0.4, -0.2) is 26.4 Å². The van der Waals surface area contributed by atoms with Crippen molar-refractivity contribution in [2.45, 2.75) is 44.1 Å². The minimum Gasteiger partial charge on any atom is -0.378 e. The van der Waals surface area contributed by atoms with Gasteiger partial charge < -0.3 is 4.74 Å². The van der Waals surface area contributed by atoms with Crippen LogP contribution in [0.1, 0.15) is 38.3 Å². The van der Waals surface area contributed by atoms with Crippen LogP contribution in [0.2, 0.25) is 0 Å². The largest absolute Gasteiger partial charge is 0.378 e. The van der Waals surface area contributed by atoms with Crippen LogP contribution in [0, 0.1) is 0 Å². The Morgan fingerprint density at radius 2 is 2.00 bits per heavy atom. The summed E-state index contributed by atoms with van der Waals surface area (Å²) >= 11 is 0. The summed E-state index contributed by atoms with van der Waals surface area (Å²) in [7, 11) is -3.29. The van der Waals surface area contributed by atoms with E-state index in [-0.39, 0.29) is 17.4 Å². The molecular weight excluding hydrogens is 262 g/mol. The number of ether oxygens (including phenoxy) is 1. The van der Waals surface area contributed by atoms with Gasteiger partial charge in [-0.25, -0.2) is 13.1 Å². The van der Waals surface area contributed by atoms with Crippen molar-refractivity contribution in [3.05, 3.63) is 35.9 Å². The molecule has 1 saturated heterocycles. The number of nitrogens with one attached hydrogen (secondary N) is 1. The normalized spacial score (nSPS) is 26.0. The van der Waals surface area contributed by atoms with E-state index < -0.39 is 10.0 Å². The van der Waals surface area contributed by atoms with Gasteiger partial charge in [-0.3, -0.25) is 0 Å². The van der Waals surface area contributed by atoms with Crippen LogP contribution in [-0.2, 0) is 14.8 Å². The van der Waals surface area contributed by atoms with Crippen LogP contribution in [0.25, 0.3) is 0 Å². The van der Waals surface area contributed by atoms with Crippen LogP contribution in [0.5, 0.6) is 0 Å². The molecule has 106 valence electrons. The molecule has 4 nitrogen and oxygen atoms in total. The van der Waals surface area contributed by atoms with Gasteiger partial charge in [0.2, 0.25) is 10.0 Å². The summed E-state index contributed by atoms with van der Waals surface area (Å²) in [5, 5.41) is -0.345. The Balaban J connectivity index is 2.04. The molecule has 1 N–H and O–H groups in total. The Morgan fingerprint density at radius 1 is 1.32 bits per heavy atom. The van der Waals surface area contributed by atoms with Gasteiger partial charge in [0.25, 0.3) is 0 Å². The molecule has 0 radical (unpaired) electrons. The van der Waals surface area contributed by atoms with Gasteiger partial charge in [0.05, 0.1) is 11.4 Å². The molecular formula is C14H21NO3S. The molecule has 0 amide bonds. The lowest BCUT2D eigenvalue weighted by Crippen LogP contribution is -2.41. The number of rotatable bonds is 4. The topological polar surface area (TPSA) is 55.4 Å². The zero-order valence-corrected chi connectivity index (χ0v) is 12.2. The molecule has 0 spiro atoms. The van der Waals surface area contributed by atoms with E-state index in [1.807, 2.05) is 44.2 Å². The lowest BCUT2D eigenvalue weighted by molar-refractivity contribution is 0.0299. The average Bonchev–Trinajstić information content (AvgIpc) is 2.39. The summed E-state index contributed by atoms with van der Waals surface area (Å²) < 4.78 is 32.9. The van der Waals surface area contributed by atoms with Crippen molar-refractivity contribution >= 4 is 10.0 Å². The Morgan fingerprint density at radius 3 is 2.63 bits per heavy atom. The first-order chi connectivity index (χ1) is 8.99. The lowest BCUT2D eigenvalue weighted by atomic mass is 10.1. The van der Waals surface area contributed by atoms with Gasteiger partial charge in [0, 0.05) is 12.6 Å². The third kappa shape index (κ3) is 3.78. The van der Waals surface area contributed by atoms with E-state index in [2.05, 4.69) is 4.72 Å². The Labute approximate surface area is 115 Å². The number of hydrogen-bond donors (Lipinski definition) is 1. The van der Waals surface area contributed by atoms with Gasteiger partial charge in [0.15, 0.2) is 0 Å². The van der Waals surface area contributed by atoms with E-state index in [0.717, 1.165) is 5.56 Å². The molecule has 2 rings (SSSR count). The first kappa shape index (κ1) is 14.5. The molecule has 0 bridgehead atoms. The van der Waals surface area contributed by atoms with Crippen molar-refractivity contribution in [3.8, 4) is 0 Å². The Hall–Kier alpha value is -0.910. The molecule has 3 unspecified atom stereocenters. The maximum Gasteiger partial charge on any atom is 0.215 e. The van der Waals surface area contributed by atoms with E-state index in [0.29, 0.717) is 19.4 Å². The highest BCUT2D eigenvalue weighted by Crippen LogP contribution is 2.22. The standard InChI is InChI=1S/C14H21NO3S/c1-11-10-14(8-9-18-11)19(16,17)15-12(2)13-6-4-3-5-7-13/h3-7,11-12,14-15H,8-10H2,1-2H3. The highest BCUT2D eigenvalue weighted by molar-refractivity contribution is 7.90. The predicted octanol–water partition coefficient (Wildman–Crippen LogP) is 2.23. The second-order valence-electron chi connectivity index (χ2n) is 5.12. The van der Waals surface area contributed by atoms with Crippen molar-refractivity contribution in [2.75, 3.05) is 6.61 Å². The molecule has 0 saturated carbocycles. The Bertz CT molecular complexity index is 501. The first-order valence-corrected chi connectivity index (χ1v) is 8.21. The maximum atomic E-state index is 12.3. The van der Waals surface area contributed by atoms with Gasteiger partial charge in [-0.05, 0) is 32.3 Å². The van der Waals surface area contributed by atoms with Crippen molar-refractivity contribution in [1.82, 2.24) is 4.72 Å². The van der Waals surface area contributed by atoms with Gasteiger partial charge >= 0.3 is 0 Å². The van der Waals surface area contributed by atoms with E-state index in [1.54, 1.807) is 0 Å². The molecule has 0 aliphatic carbocycles. The quantitative estimate of drug-likeness (QED) is 0.922. The highest BCUT2D eigenvalue weighted by Gasteiger charge is 2.31. The van der Waals surface area contributed by atoms with Crippen molar-refractivity contribution in [3.63, 3.8) is 0 Å². The van der Waals surface area contributed by atoms with Crippen LogP contribution in [0.3, 0.4) is 0 Å². The molecule has 0 aromatic heterocycles. The third-order valence-electron chi connectivity index (χ3n) is 3.52. The van der Waals surface area contributed by atoms with Crippen LogP contribution >= 0.6 is 0 Å². The van der Waals surface area contributed by atoms with Gasteiger partial charge in [-0.1, -0.05) is 30.3 Å². The van der Waals surface area contributed by atoms with Crippen LogP contribution in [0.15, 0.2) is 30.3 Å². The zero-order valence-electron chi connectivity index (χ0n) is 11.4. The van der Waals surface area contributed by atoms with Gasteiger partial charge in [-0.2, -0.15) is 0 Å². The van der Waals surface area contributed by atoms with E-state index in [4.69, 9.17) is 4.74 Å². The molecule has 19 heavy (non-hydrogen) atoms. The molecule has 1 heterocycles. The fourth-order valence-corrected chi connectivity index (χ4v) is 4.14. The minimum atomic E-state index is -3.29. The van der Waals surface area contributed by atoms with Gasteiger partial charge in [-0.15, -0.1) is 0 Å². The van der Waals surface area contributed by atoms with E-state index in [9.17, 15) is 8.42 Å². The van der Waals surface area contributed by atoms with Gasteiger partial charge in [0.1, 0.15) is 0 Å². The monoisotopic (exact) mass is 283 g/mol. The lowest BCUT2D eigenvalue weighted by Gasteiger charge is -2.28. The van der Waals surface area contributed by atoms with Crippen molar-refractivity contribution in [2.24, 2.45) is 0 Å². The number of hydrogen-bond acceptors (Lipinski definition) is 3. The molecule has 1 aromatic rings. The molecule has 1 aromatic carbocycles. The number of benzene rings is 1. The summed E-state index contributed by atoms with van der Waals surface area (Å²) in [5.41, 5.74) is 0.978. The first-order valence-electron chi connectivity index (χ1n) is 6.67. The fraction of sp³-hybridized carbons (Fsp3) is 0.571. The summed E-state index contributed by atoms with van der Waals surface area (Å²) in [6.07, 6.45) is 1.15. The highest BCUT2D eigenvalue weighted by atomic mass is 32.2. The summed E-state index contributed by atoms with van der Waals surface area (Å²) in [6, 6.07) is 9.40. The minimum absolute atomic E-state index is 0.0161. The molecule has 1 fully saturated rings. The maximum absolute atomic E-state index is 12.3. The fourth-order valence-electron chi connectivity index (χ4n) is 2.39. The number of sulfonamides is 1. The second-order valence-corrected chi connectivity index (χ2v) is 7.12. The summed E-state index contributed by atoms with van der Waals surface area (Å²) in [6.45, 7) is 4.31.